The van der Waals surface area contributed by atoms with E-state index >= 15 is 0 Å². The molecule has 0 saturated carbocycles. The molecule has 0 aromatic carbocycles. The number of rotatable bonds is 5. The molecular formula is C17H19F3N8O. The van der Waals surface area contributed by atoms with Gasteiger partial charge in [0, 0.05) is 38.8 Å². The zero-order valence-corrected chi connectivity index (χ0v) is 15.4. The van der Waals surface area contributed by atoms with Gasteiger partial charge in [0.05, 0.1) is 17.4 Å². The highest BCUT2D eigenvalue weighted by Gasteiger charge is 2.23. The Bertz CT molecular complexity index is 1030. The zero-order valence-electron chi connectivity index (χ0n) is 15.4. The number of carbonyl (C=O) groups excluding carboxylic acids is 1. The second-order valence-corrected chi connectivity index (χ2v) is 6.83. The summed E-state index contributed by atoms with van der Waals surface area (Å²) in [6, 6.07) is 2.96. The number of amides is 1. The average molecular weight is 408 g/mol. The van der Waals surface area contributed by atoms with Crippen LogP contribution >= 0.6 is 0 Å². The molecule has 29 heavy (non-hydrogen) atoms. The summed E-state index contributed by atoms with van der Waals surface area (Å²) in [5.41, 5.74) is 0.104. The van der Waals surface area contributed by atoms with Gasteiger partial charge in [-0.15, -0.1) is 5.10 Å². The SMILES string of the molecule is Cn1cc(NC(=O)c2ccc3cnc(N[C@@H]4CNC[C@H](F)C4)nn23)c(C(F)F)n1. The molecule has 3 N–H and O–H groups in total. The molecule has 1 aliphatic rings. The van der Waals surface area contributed by atoms with Gasteiger partial charge in [0.1, 0.15) is 11.9 Å². The fourth-order valence-electron chi connectivity index (χ4n) is 3.27. The number of halogens is 3. The van der Waals surface area contributed by atoms with Gasteiger partial charge in [-0.1, -0.05) is 0 Å². The highest BCUT2D eigenvalue weighted by atomic mass is 19.3. The molecule has 1 fully saturated rings. The summed E-state index contributed by atoms with van der Waals surface area (Å²) < 4.78 is 42.3. The van der Waals surface area contributed by atoms with Gasteiger partial charge < -0.3 is 16.0 Å². The van der Waals surface area contributed by atoms with E-state index in [0.717, 1.165) is 0 Å². The van der Waals surface area contributed by atoms with Crippen LogP contribution in [0.15, 0.2) is 24.5 Å². The van der Waals surface area contributed by atoms with Crippen LogP contribution in [-0.2, 0) is 7.05 Å². The highest BCUT2D eigenvalue weighted by molar-refractivity contribution is 6.04. The number of piperidine rings is 1. The van der Waals surface area contributed by atoms with Crippen LogP contribution in [0.3, 0.4) is 0 Å². The summed E-state index contributed by atoms with van der Waals surface area (Å²) in [4.78, 5) is 16.8. The lowest BCUT2D eigenvalue weighted by Crippen LogP contribution is -2.44. The van der Waals surface area contributed by atoms with Crippen LogP contribution in [0.2, 0.25) is 0 Å². The minimum absolute atomic E-state index is 0.0721. The molecule has 0 radical (unpaired) electrons. The standard InChI is InChI=1S/C17H19F3N8O/c1-27-8-12(14(25-27)15(19)20)24-16(29)13-3-2-11-7-22-17(26-28(11)13)23-10-4-9(18)5-21-6-10/h2-3,7-10,15,21H,4-6H2,1H3,(H,23,26)(H,24,29)/t9-,10+/m1/s1. The molecule has 154 valence electrons. The van der Waals surface area contributed by atoms with E-state index in [4.69, 9.17) is 0 Å². The third-order valence-corrected chi connectivity index (χ3v) is 4.57. The van der Waals surface area contributed by atoms with E-state index in [1.807, 2.05) is 0 Å². The van der Waals surface area contributed by atoms with E-state index in [-0.39, 0.29) is 23.4 Å². The molecule has 0 aliphatic carbocycles. The molecular weight excluding hydrogens is 389 g/mol. The number of carbonyl (C=O) groups is 1. The number of anilines is 2. The summed E-state index contributed by atoms with van der Waals surface area (Å²) in [5.74, 6) is -0.383. The summed E-state index contributed by atoms with van der Waals surface area (Å²) in [7, 11) is 1.49. The maximum atomic E-state index is 13.5. The molecule has 3 aromatic rings. The zero-order chi connectivity index (χ0) is 20.5. The molecule has 9 nitrogen and oxygen atoms in total. The van der Waals surface area contributed by atoms with Crippen LogP contribution in [0, 0.1) is 0 Å². The molecule has 1 amide bonds. The van der Waals surface area contributed by atoms with Crippen LogP contribution in [0.4, 0.5) is 24.8 Å². The van der Waals surface area contributed by atoms with E-state index in [1.165, 1.54) is 34.7 Å². The molecule has 0 spiro atoms. The molecule has 4 heterocycles. The summed E-state index contributed by atoms with van der Waals surface area (Å²) in [6.07, 6.45) is -0.631. The Morgan fingerprint density at radius 3 is 2.90 bits per heavy atom. The van der Waals surface area contributed by atoms with Crippen molar-refractivity contribution in [2.24, 2.45) is 7.05 Å². The minimum Gasteiger partial charge on any atom is -0.349 e. The van der Waals surface area contributed by atoms with E-state index in [0.29, 0.717) is 25.0 Å². The van der Waals surface area contributed by atoms with Gasteiger partial charge >= 0.3 is 0 Å². The van der Waals surface area contributed by atoms with Crippen molar-refractivity contribution < 1.29 is 18.0 Å². The van der Waals surface area contributed by atoms with Crippen molar-refractivity contribution in [3.63, 3.8) is 0 Å². The van der Waals surface area contributed by atoms with Crippen LogP contribution < -0.4 is 16.0 Å². The van der Waals surface area contributed by atoms with E-state index in [1.54, 1.807) is 6.07 Å². The van der Waals surface area contributed by atoms with Gasteiger partial charge in [0.15, 0.2) is 5.69 Å². The number of hydrogen-bond acceptors (Lipinski definition) is 6. The monoisotopic (exact) mass is 408 g/mol. The van der Waals surface area contributed by atoms with E-state index < -0.39 is 24.2 Å². The van der Waals surface area contributed by atoms with Crippen molar-refractivity contribution in [1.82, 2.24) is 29.7 Å². The first kappa shape index (κ1) is 19.2. The van der Waals surface area contributed by atoms with Crippen molar-refractivity contribution in [3.8, 4) is 0 Å². The van der Waals surface area contributed by atoms with Gasteiger partial charge in [0.25, 0.3) is 12.3 Å². The number of aromatic nitrogens is 5. The fourth-order valence-corrected chi connectivity index (χ4v) is 3.27. The molecule has 1 aliphatic heterocycles. The first-order chi connectivity index (χ1) is 13.9. The van der Waals surface area contributed by atoms with Crippen molar-refractivity contribution >= 4 is 23.1 Å². The third-order valence-electron chi connectivity index (χ3n) is 4.57. The van der Waals surface area contributed by atoms with Gasteiger partial charge in [-0.3, -0.25) is 9.48 Å². The fraction of sp³-hybridized carbons (Fsp3) is 0.412. The Balaban J connectivity index is 1.56. The lowest BCUT2D eigenvalue weighted by Gasteiger charge is -2.26. The van der Waals surface area contributed by atoms with E-state index in [9.17, 15) is 18.0 Å². The number of hydrogen-bond donors (Lipinski definition) is 3. The van der Waals surface area contributed by atoms with Crippen molar-refractivity contribution in [2.75, 3.05) is 23.7 Å². The smallest absolute Gasteiger partial charge is 0.284 e. The Labute approximate surface area is 163 Å². The highest BCUT2D eigenvalue weighted by Crippen LogP contribution is 2.25. The Morgan fingerprint density at radius 1 is 1.31 bits per heavy atom. The summed E-state index contributed by atoms with van der Waals surface area (Å²) >= 11 is 0. The van der Waals surface area contributed by atoms with Gasteiger partial charge in [-0.2, -0.15) is 5.10 Å². The molecule has 2 atom stereocenters. The topological polar surface area (TPSA) is 101 Å². The minimum atomic E-state index is -2.82. The van der Waals surface area contributed by atoms with Crippen LogP contribution in [-0.4, -0.2) is 55.6 Å². The van der Waals surface area contributed by atoms with Crippen molar-refractivity contribution in [1.29, 1.82) is 0 Å². The number of nitrogens with zero attached hydrogens (tertiary/aromatic N) is 5. The normalized spacial score (nSPS) is 19.6. The molecule has 0 bridgehead atoms. The first-order valence-corrected chi connectivity index (χ1v) is 9.00. The molecule has 12 heteroatoms. The quantitative estimate of drug-likeness (QED) is 0.595. The summed E-state index contributed by atoms with van der Waals surface area (Å²) in [6.45, 7) is 0.882. The van der Waals surface area contributed by atoms with Crippen molar-refractivity contribution in [2.45, 2.75) is 25.1 Å². The molecule has 4 rings (SSSR count). The second kappa shape index (κ2) is 7.70. The van der Waals surface area contributed by atoms with Gasteiger partial charge in [0.2, 0.25) is 5.95 Å². The van der Waals surface area contributed by atoms with E-state index in [2.05, 4.69) is 31.1 Å². The predicted molar refractivity (Wildman–Crippen MR) is 98.9 cm³/mol. The number of nitrogens with one attached hydrogen (secondary N) is 3. The maximum absolute atomic E-state index is 13.5. The van der Waals surface area contributed by atoms with Crippen LogP contribution in [0.1, 0.15) is 29.0 Å². The number of fused-ring (bicyclic) bond motifs is 1. The Kier molecular flexibility index (Phi) is 5.09. The first-order valence-electron chi connectivity index (χ1n) is 9.00. The predicted octanol–water partition coefficient (Wildman–Crippen LogP) is 1.76. The van der Waals surface area contributed by atoms with Gasteiger partial charge in [-0.25, -0.2) is 22.7 Å². The molecule has 3 aromatic heterocycles. The molecule has 1 saturated heterocycles. The largest absolute Gasteiger partial charge is 0.349 e. The number of alkyl halides is 3. The van der Waals surface area contributed by atoms with Crippen molar-refractivity contribution in [3.05, 3.63) is 35.9 Å². The molecule has 0 unspecified atom stereocenters. The summed E-state index contributed by atoms with van der Waals surface area (Å²) in [5, 5.41) is 16.4. The second-order valence-electron chi connectivity index (χ2n) is 6.83. The third kappa shape index (κ3) is 4.01. The maximum Gasteiger partial charge on any atom is 0.284 e. The number of aryl methyl sites for hydroxylation is 1. The Hall–Kier alpha value is -3.15. The lowest BCUT2D eigenvalue weighted by molar-refractivity contribution is 0.101. The van der Waals surface area contributed by atoms with Gasteiger partial charge in [-0.05, 0) is 12.1 Å². The van der Waals surface area contributed by atoms with Crippen LogP contribution in [0.5, 0.6) is 0 Å². The average Bonchev–Trinajstić information content (AvgIpc) is 3.24. The van der Waals surface area contributed by atoms with Crippen LogP contribution in [0.25, 0.3) is 5.52 Å². The lowest BCUT2D eigenvalue weighted by atomic mass is 10.1. The Morgan fingerprint density at radius 2 is 2.14 bits per heavy atom.